The smallest absolute Gasteiger partial charge is 0.156 e. The van der Waals surface area contributed by atoms with Crippen LogP contribution in [0, 0.1) is 13.7 Å². The van der Waals surface area contributed by atoms with Crippen molar-refractivity contribution in [2.24, 2.45) is 0 Å². The number of imidazole rings is 1. The quantitative estimate of drug-likeness (QED) is 0.632. The molecule has 2 rings (SSSR count). The SMILES string of the molecule is [2H]C([2H])([2H])c1cn2nc(Cl)cc(C([2H])([2H])[2H])c2n1. The molecular weight excluding hydrogens is 174 g/mol. The summed E-state index contributed by atoms with van der Waals surface area (Å²) < 4.78 is 44.9. The molecule has 0 spiro atoms. The van der Waals surface area contributed by atoms with Crippen LogP contribution < -0.4 is 0 Å². The van der Waals surface area contributed by atoms with Gasteiger partial charge in [0.15, 0.2) is 5.65 Å². The first-order valence-corrected chi connectivity index (χ1v) is 3.54. The van der Waals surface area contributed by atoms with Crippen molar-refractivity contribution in [2.45, 2.75) is 13.7 Å². The van der Waals surface area contributed by atoms with Crippen molar-refractivity contribution < 1.29 is 8.22 Å². The van der Waals surface area contributed by atoms with Crippen molar-refractivity contribution in [3.8, 4) is 0 Å². The number of aromatic nitrogens is 3. The van der Waals surface area contributed by atoms with E-state index < -0.39 is 13.7 Å². The van der Waals surface area contributed by atoms with E-state index in [0.717, 1.165) is 10.7 Å². The minimum absolute atomic E-state index is 0.0227. The van der Waals surface area contributed by atoms with Crippen molar-refractivity contribution in [2.75, 3.05) is 0 Å². The first-order valence-electron chi connectivity index (χ1n) is 6.16. The predicted octanol–water partition coefficient (Wildman–Crippen LogP) is 2.00. The van der Waals surface area contributed by atoms with E-state index in [9.17, 15) is 0 Å². The van der Waals surface area contributed by atoms with E-state index in [1.807, 2.05) is 0 Å². The van der Waals surface area contributed by atoms with Gasteiger partial charge in [-0.2, -0.15) is 5.10 Å². The van der Waals surface area contributed by atoms with E-state index in [-0.39, 0.29) is 22.1 Å². The summed E-state index contributed by atoms with van der Waals surface area (Å²) in [5.41, 5.74) is -0.369. The molecule has 2 aromatic rings. The maximum absolute atomic E-state index is 7.37. The molecule has 0 N–H and O–H groups in total. The molecule has 0 aliphatic rings. The molecule has 0 bridgehead atoms. The van der Waals surface area contributed by atoms with Crippen LogP contribution in [0.2, 0.25) is 5.15 Å². The average Bonchev–Trinajstić information content (AvgIpc) is 2.57. The molecule has 2 aromatic heterocycles. The number of halogens is 1. The third kappa shape index (κ3) is 1.06. The van der Waals surface area contributed by atoms with Gasteiger partial charge < -0.3 is 0 Å². The molecule has 0 fully saturated rings. The normalized spacial score (nSPS) is 20.4. The van der Waals surface area contributed by atoms with Gasteiger partial charge in [-0.05, 0) is 25.3 Å². The summed E-state index contributed by atoms with van der Waals surface area (Å²) in [7, 11) is 0. The van der Waals surface area contributed by atoms with E-state index in [4.69, 9.17) is 19.8 Å². The molecule has 2 heterocycles. The molecule has 0 aliphatic heterocycles. The van der Waals surface area contributed by atoms with E-state index in [1.54, 1.807) is 0 Å². The average molecular weight is 188 g/mol. The summed E-state index contributed by atoms with van der Waals surface area (Å²) in [6, 6.07) is 1.17. The van der Waals surface area contributed by atoms with Crippen LogP contribution in [0.15, 0.2) is 12.3 Å². The van der Waals surface area contributed by atoms with Crippen LogP contribution in [0.25, 0.3) is 5.65 Å². The highest BCUT2D eigenvalue weighted by molar-refractivity contribution is 6.29. The molecule has 62 valence electrons. The minimum atomic E-state index is -2.44. The number of fused-ring (bicyclic) bond motifs is 1. The number of nitrogens with zero attached hydrogens (tertiary/aromatic N) is 3. The Kier molecular flexibility index (Phi) is 0.683. The maximum Gasteiger partial charge on any atom is 0.156 e. The zero-order valence-electron chi connectivity index (χ0n) is 11.9. The topological polar surface area (TPSA) is 30.2 Å². The second-order valence-corrected chi connectivity index (χ2v) is 2.66. The zero-order chi connectivity index (χ0) is 13.7. The summed E-state index contributed by atoms with van der Waals surface area (Å²) >= 11 is 5.70. The maximum atomic E-state index is 7.37. The Morgan fingerprint density at radius 3 is 3.25 bits per heavy atom. The van der Waals surface area contributed by atoms with Gasteiger partial charge >= 0.3 is 0 Å². The van der Waals surface area contributed by atoms with Gasteiger partial charge in [-0.15, -0.1) is 0 Å². The molecule has 0 aromatic carbocycles. The summed E-state index contributed by atoms with van der Waals surface area (Å²) in [6.45, 7) is -4.86. The lowest BCUT2D eigenvalue weighted by Crippen LogP contribution is -1.92. The molecule has 0 amide bonds. The number of rotatable bonds is 0. The Bertz CT molecular complexity index is 599. The van der Waals surface area contributed by atoms with Crippen LogP contribution in [0.4, 0.5) is 0 Å². The van der Waals surface area contributed by atoms with Crippen LogP contribution in [-0.4, -0.2) is 14.6 Å². The molecule has 0 aliphatic carbocycles. The number of aryl methyl sites for hydroxylation is 2. The van der Waals surface area contributed by atoms with Crippen LogP contribution in [-0.2, 0) is 0 Å². The second kappa shape index (κ2) is 2.45. The summed E-state index contributed by atoms with van der Waals surface area (Å²) in [4.78, 5) is 3.81. The summed E-state index contributed by atoms with van der Waals surface area (Å²) in [5, 5.41) is 3.76. The van der Waals surface area contributed by atoms with Gasteiger partial charge in [0.05, 0.1) is 11.9 Å². The standard InChI is InChI=1S/C8H8ClN3/c1-5-3-7(9)11-12-4-6(2)10-8(5)12/h3-4H,1-2H3/i1D3,2D3. The monoisotopic (exact) mass is 187 g/mol. The van der Waals surface area contributed by atoms with Crippen LogP contribution in [0.5, 0.6) is 0 Å². The molecule has 3 nitrogen and oxygen atoms in total. The van der Waals surface area contributed by atoms with Crippen LogP contribution >= 0.6 is 11.6 Å². The van der Waals surface area contributed by atoms with Gasteiger partial charge in [-0.1, -0.05) is 11.6 Å². The van der Waals surface area contributed by atoms with Gasteiger partial charge in [0.1, 0.15) is 5.15 Å². The fraction of sp³-hybridized carbons (Fsp3) is 0.250. The first kappa shape index (κ1) is 3.34. The van der Waals surface area contributed by atoms with Crippen molar-refractivity contribution in [1.29, 1.82) is 0 Å². The molecule has 12 heavy (non-hydrogen) atoms. The zero-order valence-corrected chi connectivity index (χ0v) is 6.63. The van der Waals surface area contributed by atoms with E-state index >= 15 is 0 Å². The lowest BCUT2D eigenvalue weighted by Gasteiger charge is -1.96. The summed E-state index contributed by atoms with van der Waals surface area (Å²) in [6.07, 6.45) is 1.16. The molecule has 4 heteroatoms. The van der Waals surface area contributed by atoms with Gasteiger partial charge in [-0.3, -0.25) is 0 Å². The highest BCUT2D eigenvalue weighted by atomic mass is 35.5. The molecular formula is C8H8ClN3. The second-order valence-electron chi connectivity index (χ2n) is 2.28. The van der Waals surface area contributed by atoms with Gasteiger partial charge in [0, 0.05) is 8.22 Å². The Hall–Kier alpha value is -1.09. The third-order valence-corrected chi connectivity index (χ3v) is 1.58. The molecule has 0 saturated carbocycles. The van der Waals surface area contributed by atoms with E-state index in [2.05, 4.69) is 10.1 Å². The van der Waals surface area contributed by atoms with Gasteiger partial charge in [0.25, 0.3) is 0 Å². The minimum Gasteiger partial charge on any atom is -0.232 e. The molecule has 0 atom stereocenters. The van der Waals surface area contributed by atoms with Gasteiger partial charge in [-0.25, -0.2) is 9.50 Å². The number of hydrogen-bond acceptors (Lipinski definition) is 2. The van der Waals surface area contributed by atoms with Crippen LogP contribution in [0.3, 0.4) is 0 Å². The largest absolute Gasteiger partial charge is 0.232 e. The van der Waals surface area contributed by atoms with Gasteiger partial charge in [0.2, 0.25) is 0 Å². The van der Waals surface area contributed by atoms with Crippen molar-refractivity contribution in [3.05, 3.63) is 28.7 Å². The Morgan fingerprint density at radius 1 is 1.58 bits per heavy atom. The fourth-order valence-corrected chi connectivity index (χ4v) is 1.14. The first-order chi connectivity index (χ1) is 8.09. The summed E-state index contributed by atoms with van der Waals surface area (Å²) in [5.74, 6) is 0. The van der Waals surface area contributed by atoms with Crippen molar-refractivity contribution in [1.82, 2.24) is 14.6 Å². The lowest BCUT2D eigenvalue weighted by atomic mass is 10.3. The Morgan fingerprint density at radius 2 is 2.50 bits per heavy atom. The molecule has 0 saturated heterocycles. The third-order valence-electron chi connectivity index (χ3n) is 1.40. The molecule has 0 radical (unpaired) electrons. The van der Waals surface area contributed by atoms with Crippen LogP contribution in [0.1, 0.15) is 19.5 Å². The van der Waals surface area contributed by atoms with E-state index in [1.165, 1.54) is 6.07 Å². The van der Waals surface area contributed by atoms with Crippen molar-refractivity contribution in [3.63, 3.8) is 0 Å². The van der Waals surface area contributed by atoms with Crippen molar-refractivity contribution >= 4 is 17.2 Å². The van der Waals surface area contributed by atoms with E-state index in [0.29, 0.717) is 0 Å². The molecule has 0 unspecified atom stereocenters. The Balaban J connectivity index is 2.76. The lowest BCUT2D eigenvalue weighted by molar-refractivity contribution is 0.927. The highest BCUT2D eigenvalue weighted by Crippen LogP contribution is 2.12. The highest BCUT2D eigenvalue weighted by Gasteiger charge is 2.02. The Labute approximate surface area is 83.4 Å². The number of hydrogen-bond donors (Lipinski definition) is 0. The fourth-order valence-electron chi connectivity index (χ4n) is 0.946. The predicted molar refractivity (Wildman–Crippen MR) is 47.5 cm³/mol.